The van der Waals surface area contributed by atoms with Crippen LogP contribution in [-0.2, 0) is 11.4 Å². The summed E-state index contributed by atoms with van der Waals surface area (Å²) < 4.78 is 12.0. The molecule has 1 fully saturated rings. The molecule has 2 aromatic rings. The summed E-state index contributed by atoms with van der Waals surface area (Å²) in [4.78, 5) is 12.5. The van der Waals surface area contributed by atoms with Crippen LogP contribution in [0.4, 0.5) is 0 Å². The summed E-state index contributed by atoms with van der Waals surface area (Å²) in [5.74, 6) is 0.595. The third-order valence-electron chi connectivity index (χ3n) is 5.04. The number of nitriles is 1. The molecule has 3 rings (SSSR count). The van der Waals surface area contributed by atoms with Gasteiger partial charge in [-0.2, -0.15) is 5.26 Å². The van der Waals surface area contributed by atoms with E-state index in [4.69, 9.17) is 32.7 Å². The van der Waals surface area contributed by atoms with Crippen LogP contribution in [0.2, 0.25) is 10.0 Å². The summed E-state index contributed by atoms with van der Waals surface area (Å²) in [5, 5.41) is 13.5. The van der Waals surface area contributed by atoms with Gasteiger partial charge in [0.2, 0.25) is 0 Å². The number of carbonyl (C=O) groups is 1. The third-order valence-corrected chi connectivity index (χ3v) is 6.31. The maximum absolute atomic E-state index is 12.5. The van der Waals surface area contributed by atoms with Gasteiger partial charge >= 0.3 is 0 Å². The predicted molar refractivity (Wildman–Crippen MR) is 125 cm³/mol. The van der Waals surface area contributed by atoms with E-state index >= 15 is 0 Å². The van der Waals surface area contributed by atoms with Gasteiger partial charge in [-0.05, 0) is 48.7 Å². The first-order valence-corrected chi connectivity index (χ1v) is 11.3. The fourth-order valence-corrected chi connectivity index (χ4v) is 4.27. The number of rotatable bonds is 7. The third kappa shape index (κ3) is 6.16. The Kier molecular flexibility index (Phi) is 8.25. The number of nitrogens with one attached hydrogen (secondary N) is 1. The van der Waals surface area contributed by atoms with Crippen LogP contribution in [0.15, 0.2) is 40.4 Å². The summed E-state index contributed by atoms with van der Waals surface area (Å²) >= 11 is 15.6. The van der Waals surface area contributed by atoms with E-state index in [0.717, 1.165) is 31.2 Å². The van der Waals surface area contributed by atoms with Crippen molar-refractivity contribution < 1.29 is 14.3 Å². The normalized spacial score (nSPS) is 14.2. The van der Waals surface area contributed by atoms with Crippen molar-refractivity contribution in [3.05, 3.63) is 61.5 Å². The topological polar surface area (TPSA) is 71.3 Å². The van der Waals surface area contributed by atoms with Crippen LogP contribution >= 0.6 is 39.1 Å². The van der Waals surface area contributed by atoms with Crippen molar-refractivity contribution in [1.82, 2.24) is 5.32 Å². The molecule has 8 heteroatoms. The molecule has 0 aliphatic heterocycles. The molecule has 0 heterocycles. The molecule has 31 heavy (non-hydrogen) atoms. The molecule has 1 aliphatic rings. The summed E-state index contributed by atoms with van der Waals surface area (Å²) in [6.45, 7) is 0.223. The monoisotopic (exact) mass is 522 g/mol. The fraction of sp³-hybridized carbons (Fsp3) is 0.304. The van der Waals surface area contributed by atoms with E-state index in [2.05, 4.69) is 21.2 Å². The number of methoxy groups -OCH3 is 1. The van der Waals surface area contributed by atoms with Crippen molar-refractivity contribution in [2.24, 2.45) is 0 Å². The molecule has 1 N–H and O–H groups in total. The lowest BCUT2D eigenvalue weighted by Crippen LogP contribution is -2.33. The average Bonchev–Trinajstić information content (AvgIpc) is 3.25. The summed E-state index contributed by atoms with van der Waals surface area (Å²) in [6.07, 6.45) is 5.64. The van der Waals surface area contributed by atoms with Gasteiger partial charge in [0.15, 0.2) is 11.5 Å². The van der Waals surface area contributed by atoms with Crippen LogP contribution < -0.4 is 14.8 Å². The molecule has 0 spiro atoms. The van der Waals surface area contributed by atoms with Gasteiger partial charge in [0, 0.05) is 26.1 Å². The smallest absolute Gasteiger partial charge is 0.262 e. The Morgan fingerprint density at radius 3 is 2.65 bits per heavy atom. The zero-order chi connectivity index (χ0) is 22.4. The Hall–Kier alpha value is -2.20. The lowest BCUT2D eigenvalue weighted by molar-refractivity contribution is -0.117. The summed E-state index contributed by atoms with van der Waals surface area (Å²) in [5.41, 5.74) is 1.45. The minimum Gasteiger partial charge on any atom is -0.493 e. The van der Waals surface area contributed by atoms with Gasteiger partial charge < -0.3 is 14.8 Å². The molecule has 0 saturated heterocycles. The number of benzene rings is 2. The average molecular weight is 524 g/mol. The summed E-state index contributed by atoms with van der Waals surface area (Å²) in [7, 11) is 1.52. The molecule has 1 amide bonds. The minimum atomic E-state index is -0.363. The molecule has 2 aromatic carbocycles. The Balaban J connectivity index is 1.79. The number of amides is 1. The highest BCUT2D eigenvalue weighted by atomic mass is 79.9. The number of halogens is 3. The van der Waals surface area contributed by atoms with Gasteiger partial charge in [-0.25, -0.2) is 0 Å². The Labute approximate surface area is 200 Å². The fourth-order valence-electron chi connectivity index (χ4n) is 3.37. The molecule has 0 aromatic heterocycles. The maximum atomic E-state index is 12.5. The Morgan fingerprint density at radius 2 is 2.00 bits per heavy atom. The highest BCUT2D eigenvalue weighted by molar-refractivity contribution is 9.10. The van der Waals surface area contributed by atoms with E-state index in [1.165, 1.54) is 13.2 Å². The lowest BCUT2D eigenvalue weighted by atomic mass is 10.1. The number of hydrogen-bond donors (Lipinski definition) is 1. The highest BCUT2D eigenvalue weighted by Crippen LogP contribution is 2.35. The second kappa shape index (κ2) is 10.9. The van der Waals surface area contributed by atoms with E-state index in [-0.39, 0.29) is 24.1 Å². The first-order valence-electron chi connectivity index (χ1n) is 9.78. The number of nitrogens with zero attached hydrogens (tertiary/aromatic N) is 1. The van der Waals surface area contributed by atoms with Gasteiger partial charge in [-0.3, -0.25) is 4.79 Å². The first-order chi connectivity index (χ1) is 14.9. The zero-order valence-corrected chi connectivity index (χ0v) is 20.0. The SMILES string of the molecule is COc1cc(/C=C(/C#N)C(=O)NC2CCCC2)c(Br)cc1OCc1ccc(Cl)cc1Cl. The molecule has 162 valence electrons. The van der Waals surface area contributed by atoms with Crippen molar-refractivity contribution in [2.75, 3.05) is 7.11 Å². The van der Waals surface area contributed by atoms with E-state index in [1.807, 2.05) is 6.07 Å². The molecule has 0 atom stereocenters. The molecule has 0 bridgehead atoms. The van der Waals surface area contributed by atoms with Crippen molar-refractivity contribution in [3.8, 4) is 17.6 Å². The number of ether oxygens (including phenoxy) is 2. The van der Waals surface area contributed by atoms with E-state index in [9.17, 15) is 10.1 Å². The second-order valence-electron chi connectivity index (χ2n) is 7.17. The van der Waals surface area contributed by atoms with Crippen LogP contribution in [0.25, 0.3) is 6.08 Å². The standard InChI is InChI=1S/C23H21BrCl2N2O3/c1-30-21-9-15(8-16(12-27)23(29)28-18-4-2-3-5-18)19(24)11-22(21)31-13-14-6-7-17(25)10-20(14)26/h6-11,18H,2-5,13H2,1H3,(H,28,29)/b16-8-. The highest BCUT2D eigenvalue weighted by Gasteiger charge is 2.20. The Morgan fingerprint density at radius 1 is 1.26 bits per heavy atom. The van der Waals surface area contributed by atoms with E-state index < -0.39 is 0 Å². The van der Waals surface area contributed by atoms with Crippen LogP contribution in [0.5, 0.6) is 11.5 Å². The molecule has 1 saturated carbocycles. The van der Waals surface area contributed by atoms with Crippen LogP contribution in [0.1, 0.15) is 36.8 Å². The zero-order valence-electron chi connectivity index (χ0n) is 16.9. The Bertz CT molecular complexity index is 1040. The maximum Gasteiger partial charge on any atom is 0.262 e. The van der Waals surface area contributed by atoms with Crippen molar-refractivity contribution in [1.29, 1.82) is 5.26 Å². The quantitative estimate of drug-likeness (QED) is 0.341. The molecule has 5 nitrogen and oxygen atoms in total. The number of hydrogen-bond acceptors (Lipinski definition) is 4. The largest absolute Gasteiger partial charge is 0.493 e. The van der Waals surface area contributed by atoms with Crippen LogP contribution in [0.3, 0.4) is 0 Å². The molecular formula is C23H21BrCl2N2O3. The predicted octanol–water partition coefficient (Wildman–Crippen LogP) is 6.31. The molecule has 0 unspecified atom stereocenters. The van der Waals surface area contributed by atoms with E-state index in [1.54, 1.807) is 30.3 Å². The summed E-state index contributed by atoms with van der Waals surface area (Å²) in [6, 6.07) is 10.8. The van der Waals surface area contributed by atoms with Gasteiger partial charge in [0.1, 0.15) is 18.2 Å². The van der Waals surface area contributed by atoms with Gasteiger partial charge in [-0.1, -0.05) is 58.0 Å². The van der Waals surface area contributed by atoms with Gasteiger partial charge in [0.25, 0.3) is 5.91 Å². The van der Waals surface area contributed by atoms with E-state index in [0.29, 0.717) is 31.6 Å². The van der Waals surface area contributed by atoms with Crippen molar-refractivity contribution in [2.45, 2.75) is 38.3 Å². The lowest BCUT2D eigenvalue weighted by Gasteiger charge is -2.14. The van der Waals surface area contributed by atoms with Crippen LogP contribution in [-0.4, -0.2) is 19.1 Å². The molecule has 1 aliphatic carbocycles. The minimum absolute atomic E-state index is 0.0382. The van der Waals surface area contributed by atoms with Gasteiger partial charge in [-0.15, -0.1) is 0 Å². The van der Waals surface area contributed by atoms with Crippen molar-refractivity contribution >= 4 is 51.1 Å². The number of carbonyl (C=O) groups excluding carboxylic acids is 1. The first kappa shape index (κ1) is 23.5. The van der Waals surface area contributed by atoms with Crippen LogP contribution in [0, 0.1) is 11.3 Å². The second-order valence-corrected chi connectivity index (χ2v) is 8.87. The van der Waals surface area contributed by atoms with Crippen molar-refractivity contribution in [3.63, 3.8) is 0 Å². The molecule has 0 radical (unpaired) electrons. The van der Waals surface area contributed by atoms with Gasteiger partial charge in [0.05, 0.1) is 7.11 Å². The molecular weight excluding hydrogens is 503 g/mol.